The Kier molecular flexibility index (Phi) is 5.05. The van der Waals surface area contributed by atoms with Gasteiger partial charge in [0, 0.05) is 24.6 Å². The number of carbonyl (C=O) groups excluding carboxylic acids is 1. The van der Waals surface area contributed by atoms with Crippen LogP contribution in [0.15, 0.2) is 65.6 Å². The Balaban J connectivity index is 1.56. The predicted molar refractivity (Wildman–Crippen MR) is 116 cm³/mol. The van der Waals surface area contributed by atoms with E-state index in [0.29, 0.717) is 5.82 Å². The van der Waals surface area contributed by atoms with Crippen molar-refractivity contribution in [3.05, 3.63) is 82.4 Å². The number of hydrogen-bond acceptors (Lipinski definition) is 5. The molecule has 8 heteroatoms. The molecule has 0 radical (unpaired) electrons. The summed E-state index contributed by atoms with van der Waals surface area (Å²) in [7, 11) is 1.68. The molecule has 0 aliphatic heterocycles. The van der Waals surface area contributed by atoms with Gasteiger partial charge < -0.3 is 10.2 Å². The van der Waals surface area contributed by atoms with Crippen molar-refractivity contribution in [2.45, 2.75) is 20.4 Å². The molecule has 0 atom stereocenters. The first-order chi connectivity index (χ1) is 14.4. The molecule has 4 rings (SSSR count). The molecule has 2 aromatic heterocycles. The average molecular weight is 402 g/mol. The van der Waals surface area contributed by atoms with Gasteiger partial charge >= 0.3 is 5.69 Å². The molecule has 0 bridgehead atoms. The van der Waals surface area contributed by atoms with Crippen LogP contribution in [0.5, 0.6) is 0 Å². The zero-order valence-electron chi connectivity index (χ0n) is 17.0. The van der Waals surface area contributed by atoms with E-state index >= 15 is 0 Å². The number of aryl methyl sites for hydroxylation is 2. The number of nitrogens with one attached hydrogen (secondary N) is 1. The number of hydrogen-bond donors (Lipinski definition) is 1. The predicted octanol–water partition coefficient (Wildman–Crippen LogP) is 2.91. The Labute approximate surface area is 173 Å². The molecule has 0 saturated carbocycles. The molecule has 0 spiro atoms. The van der Waals surface area contributed by atoms with E-state index in [0.717, 1.165) is 27.2 Å². The van der Waals surface area contributed by atoms with Crippen molar-refractivity contribution in [3.8, 4) is 0 Å². The Hall–Kier alpha value is -3.94. The molecule has 152 valence electrons. The van der Waals surface area contributed by atoms with E-state index in [1.807, 2.05) is 62.4 Å². The summed E-state index contributed by atoms with van der Waals surface area (Å²) < 4.78 is 2.45. The van der Waals surface area contributed by atoms with Gasteiger partial charge in [-0.1, -0.05) is 29.8 Å². The summed E-state index contributed by atoms with van der Waals surface area (Å²) in [5.41, 5.74) is 3.45. The Bertz CT molecular complexity index is 1270. The maximum Gasteiger partial charge on any atom is 0.352 e. The van der Waals surface area contributed by atoms with E-state index in [9.17, 15) is 9.59 Å². The molecular weight excluding hydrogens is 380 g/mol. The largest absolute Gasteiger partial charge is 0.352 e. The highest BCUT2D eigenvalue weighted by Gasteiger charge is 2.16. The van der Waals surface area contributed by atoms with E-state index in [-0.39, 0.29) is 18.2 Å². The topological polar surface area (TPSA) is 84.5 Å². The van der Waals surface area contributed by atoms with E-state index in [4.69, 9.17) is 0 Å². The maximum atomic E-state index is 12.7. The van der Waals surface area contributed by atoms with E-state index in [1.165, 1.54) is 9.30 Å². The third-order valence-corrected chi connectivity index (χ3v) is 4.83. The van der Waals surface area contributed by atoms with Gasteiger partial charge in [0.25, 0.3) is 5.78 Å². The second-order valence-electron chi connectivity index (χ2n) is 7.21. The first-order valence-corrected chi connectivity index (χ1v) is 9.54. The van der Waals surface area contributed by atoms with Gasteiger partial charge in [0.1, 0.15) is 12.4 Å². The highest BCUT2D eigenvalue weighted by atomic mass is 16.2. The molecule has 4 aromatic rings. The quantitative estimate of drug-likeness (QED) is 0.555. The van der Waals surface area contributed by atoms with Gasteiger partial charge in [-0.3, -0.25) is 4.79 Å². The number of aromatic nitrogens is 4. The van der Waals surface area contributed by atoms with E-state index in [2.05, 4.69) is 15.4 Å². The van der Waals surface area contributed by atoms with Crippen molar-refractivity contribution in [2.75, 3.05) is 17.3 Å². The van der Waals surface area contributed by atoms with Gasteiger partial charge in [0.2, 0.25) is 5.91 Å². The van der Waals surface area contributed by atoms with Gasteiger partial charge in [-0.15, -0.1) is 5.10 Å². The number of benzene rings is 2. The zero-order valence-corrected chi connectivity index (χ0v) is 17.0. The molecule has 0 saturated heterocycles. The smallest absolute Gasteiger partial charge is 0.340 e. The average Bonchev–Trinajstić information content (AvgIpc) is 3.04. The molecular formula is C22H22N6O2. The van der Waals surface area contributed by atoms with Gasteiger partial charge in [0.05, 0.1) is 0 Å². The number of rotatable bonds is 5. The summed E-state index contributed by atoms with van der Waals surface area (Å²) in [5, 5.41) is 7.42. The van der Waals surface area contributed by atoms with Crippen LogP contribution in [0.2, 0.25) is 0 Å². The highest BCUT2D eigenvalue weighted by Crippen LogP contribution is 2.16. The van der Waals surface area contributed by atoms with Crippen molar-refractivity contribution in [3.63, 3.8) is 0 Å². The second kappa shape index (κ2) is 7.82. The van der Waals surface area contributed by atoms with Crippen LogP contribution >= 0.6 is 0 Å². The van der Waals surface area contributed by atoms with E-state index in [1.54, 1.807) is 19.3 Å². The van der Waals surface area contributed by atoms with Gasteiger partial charge in [-0.25, -0.2) is 13.9 Å². The minimum atomic E-state index is -0.412. The normalized spacial score (nSPS) is 10.9. The number of carbonyl (C=O) groups is 1. The fourth-order valence-electron chi connectivity index (χ4n) is 3.08. The minimum absolute atomic E-state index is 0.173. The standard InChI is InChI=1S/C22H22N6O2/c1-15-7-9-17(10-8-15)23-19-11-12-27-21(24-19)25-28(22(27)30)14-20(29)26(3)18-6-4-5-16(2)13-18/h4-13H,14H2,1-3H3,(H,23,24,25). The number of amides is 1. The van der Waals surface area contributed by atoms with Crippen LogP contribution in [0.4, 0.5) is 17.2 Å². The van der Waals surface area contributed by atoms with Crippen LogP contribution < -0.4 is 15.9 Å². The number of likely N-dealkylation sites (N-methyl/N-ethyl adjacent to an activating group) is 1. The number of nitrogens with zero attached hydrogens (tertiary/aromatic N) is 5. The van der Waals surface area contributed by atoms with Crippen LogP contribution in [0.3, 0.4) is 0 Å². The summed E-state index contributed by atoms with van der Waals surface area (Å²) in [5.74, 6) is 0.541. The summed E-state index contributed by atoms with van der Waals surface area (Å²) >= 11 is 0. The lowest BCUT2D eigenvalue weighted by Gasteiger charge is -2.17. The van der Waals surface area contributed by atoms with Gasteiger partial charge in [-0.05, 0) is 49.7 Å². The number of fused-ring (bicyclic) bond motifs is 1. The molecule has 2 aromatic carbocycles. The second-order valence-corrected chi connectivity index (χ2v) is 7.21. The lowest BCUT2D eigenvalue weighted by molar-refractivity contribution is -0.119. The summed E-state index contributed by atoms with van der Waals surface area (Å²) in [6.45, 7) is 3.81. The summed E-state index contributed by atoms with van der Waals surface area (Å²) in [6, 6.07) is 17.2. The zero-order chi connectivity index (χ0) is 21.3. The van der Waals surface area contributed by atoms with Crippen LogP contribution in [-0.4, -0.2) is 32.1 Å². The molecule has 0 unspecified atom stereocenters. The fraction of sp³-hybridized carbons (Fsp3) is 0.182. The first kappa shape index (κ1) is 19.4. The fourth-order valence-corrected chi connectivity index (χ4v) is 3.08. The monoisotopic (exact) mass is 402 g/mol. The van der Waals surface area contributed by atoms with E-state index < -0.39 is 5.69 Å². The number of anilines is 3. The Morgan fingerprint density at radius 2 is 1.83 bits per heavy atom. The molecule has 1 N–H and O–H groups in total. The summed E-state index contributed by atoms with van der Waals surface area (Å²) in [4.78, 5) is 31.2. The van der Waals surface area contributed by atoms with Gasteiger partial charge in [-0.2, -0.15) is 4.98 Å². The van der Waals surface area contributed by atoms with Crippen LogP contribution in [0.1, 0.15) is 11.1 Å². The molecule has 0 aliphatic rings. The molecule has 2 heterocycles. The van der Waals surface area contributed by atoms with Crippen LogP contribution in [0, 0.1) is 13.8 Å². The SMILES string of the molecule is Cc1ccc(Nc2ccn3c(=O)n(CC(=O)N(C)c4cccc(C)c4)nc3n2)cc1. The molecule has 30 heavy (non-hydrogen) atoms. The van der Waals surface area contributed by atoms with Crippen LogP contribution in [-0.2, 0) is 11.3 Å². The van der Waals surface area contributed by atoms with Crippen molar-refractivity contribution in [2.24, 2.45) is 0 Å². The Morgan fingerprint density at radius 1 is 1.07 bits per heavy atom. The third kappa shape index (κ3) is 3.93. The van der Waals surface area contributed by atoms with Crippen molar-refractivity contribution in [1.29, 1.82) is 0 Å². The van der Waals surface area contributed by atoms with Crippen molar-refractivity contribution < 1.29 is 4.79 Å². The van der Waals surface area contributed by atoms with Crippen molar-refractivity contribution in [1.82, 2.24) is 19.2 Å². The lowest BCUT2D eigenvalue weighted by atomic mass is 10.2. The summed E-state index contributed by atoms with van der Waals surface area (Å²) in [6.07, 6.45) is 1.60. The van der Waals surface area contributed by atoms with Gasteiger partial charge in [0.15, 0.2) is 0 Å². The molecule has 0 aliphatic carbocycles. The lowest BCUT2D eigenvalue weighted by Crippen LogP contribution is -2.34. The van der Waals surface area contributed by atoms with Crippen molar-refractivity contribution >= 4 is 28.9 Å². The van der Waals surface area contributed by atoms with Crippen LogP contribution in [0.25, 0.3) is 5.78 Å². The molecule has 1 amide bonds. The first-order valence-electron chi connectivity index (χ1n) is 9.54. The third-order valence-electron chi connectivity index (χ3n) is 4.83. The minimum Gasteiger partial charge on any atom is -0.340 e. The Morgan fingerprint density at radius 3 is 2.57 bits per heavy atom. The highest BCUT2D eigenvalue weighted by molar-refractivity contribution is 5.92. The maximum absolute atomic E-state index is 12.7. The molecule has 8 nitrogen and oxygen atoms in total. The molecule has 0 fully saturated rings.